The van der Waals surface area contributed by atoms with E-state index >= 15 is 0 Å². The SMILES string of the molecule is O=P(O)(O)F.[AlH3].[H-].[K+]. The summed E-state index contributed by atoms with van der Waals surface area (Å²) < 4.78 is 19.0. The minimum Gasteiger partial charge on any atom is -1.00 e. The maximum absolute atomic E-state index is 10.4. The Hall–Kier alpha value is 2.25. The van der Waals surface area contributed by atoms with Crippen molar-refractivity contribution in [3.63, 3.8) is 0 Å². The molecule has 0 heterocycles. The first kappa shape index (κ1) is 16.1. The first-order chi connectivity index (χ1) is 2.00. The molecular formula is H6AlFKO3P. The van der Waals surface area contributed by atoms with E-state index in [9.17, 15) is 4.20 Å². The molecule has 0 aromatic rings. The van der Waals surface area contributed by atoms with Gasteiger partial charge in [0.15, 0.2) is 17.4 Å². The maximum Gasteiger partial charge on any atom is 1.00 e. The number of rotatable bonds is 0. The van der Waals surface area contributed by atoms with E-state index in [-0.39, 0.29) is 70.2 Å². The quantitative estimate of drug-likeness (QED) is 0.287. The van der Waals surface area contributed by atoms with Crippen LogP contribution in [0, 0.1) is 0 Å². The van der Waals surface area contributed by atoms with Crippen molar-refractivity contribution in [1.82, 2.24) is 0 Å². The third kappa shape index (κ3) is 63.7. The predicted octanol–water partition coefficient (Wildman–Crippen LogP) is -4.02. The number of hydrogen-bond donors (Lipinski definition) is 2. The summed E-state index contributed by atoms with van der Waals surface area (Å²) in [5, 5.41) is 0. The van der Waals surface area contributed by atoms with Gasteiger partial charge in [0.1, 0.15) is 0 Å². The molecule has 0 saturated carbocycles. The van der Waals surface area contributed by atoms with E-state index in [0.717, 1.165) is 0 Å². The Morgan fingerprint density at radius 2 is 1.57 bits per heavy atom. The fraction of sp³-hybridized carbons (Fsp3) is 0. The van der Waals surface area contributed by atoms with E-state index < -0.39 is 7.91 Å². The summed E-state index contributed by atoms with van der Waals surface area (Å²) in [4.78, 5) is 13.9. The van der Waals surface area contributed by atoms with Crippen molar-refractivity contribution < 1.29 is 71.4 Å². The molecule has 0 atom stereocenters. The van der Waals surface area contributed by atoms with Crippen LogP contribution in [0.4, 0.5) is 4.20 Å². The Bertz CT molecular complexity index is 65.4. The zero-order valence-electron chi connectivity index (χ0n) is 4.13. The van der Waals surface area contributed by atoms with Crippen molar-refractivity contribution in [1.29, 1.82) is 0 Å². The average molecular weight is 170 g/mol. The van der Waals surface area contributed by atoms with E-state index in [0.29, 0.717) is 0 Å². The molecule has 0 fully saturated rings. The van der Waals surface area contributed by atoms with Gasteiger partial charge in [0.2, 0.25) is 0 Å². The molecule has 40 valence electrons. The largest absolute Gasteiger partial charge is 1.00 e. The van der Waals surface area contributed by atoms with Crippen molar-refractivity contribution in [3.05, 3.63) is 0 Å². The van der Waals surface area contributed by atoms with Gasteiger partial charge in [-0.15, -0.1) is 4.20 Å². The molecule has 7 heteroatoms. The van der Waals surface area contributed by atoms with Gasteiger partial charge in [0.05, 0.1) is 0 Å². The van der Waals surface area contributed by atoms with Crippen LogP contribution in [0.15, 0.2) is 0 Å². The van der Waals surface area contributed by atoms with Crippen LogP contribution in [-0.4, -0.2) is 27.1 Å². The first-order valence-electron chi connectivity index (χ1n) is 0.752. The molecule has 0 aliphatic heterocycles. The van der Waals surface area contributed by atoms with Gasteiger partial charge in [0, 0.05) is 0 Å². The molecule has 0 aliphatic carbocycles. The molecule has 0 aromatic heterocycles. The Labute approximate surface area is 95.0 Å². The summed E-state index contributed by atoms with van der Waals surface area (Å²) in [6.45, 7) is 0. The van der Waals surface area contributed by atoms with Crippen LogP contribution in [0.2, 0.25) is 0 Å². The van der Waals surface area contributed by atoms with Crippen LogP contribution in [-0.2, 0) is 4.57 Å². The molecule has 3 nitrogen and oxygen atoms in total. The fourth-order valence-electron chi connectivity index (χ4n) is 0. The molecule has 0 aliphatic rings. The zero-order valence-corrected chi connectivity index (χ0v) is 7.15. The zero-order chi connectivity index (χ0) is 4.50. The molecule has 2 N–H and O–H groups in total. The number of halogens is 1. The van der Waals surface area contributed by atoms with Gasteiger partial charge in [-0.25, -0.2) is 4.57 Å². The van der Waals surface area contributed by atoms with Crippen LogP contribution in [0.25, 0.3) is 0 Å². The molecule has 0 unspecified atom stereocenters. The van der Waals surface area contributed by atoms with Gasteiger partial charge in [-0.3, -0.25) is 9.79 Å². The van der Waals surface area contributed by atoms with Crippen molar-refractivity contribution in [3.8, 4) is 0 Å². The molecular weight excluding hydrogens is 164 g/mol. The second-order valence-corrected chi connectivity index (χ2v) is 1.42. The molecule has 0 aromatic carbocycles. The summed E-state index contributed by atoms with van der Waals surface area (Å²) in [6, 6.07) is 0. The Kier molecular flexibility index (Phi) is 14.7. The average Bonchev–Trinajstić information content (AvgIpc) is 0.722. The van der Waals surface area contributed by atoms with E-state index in [4.69, 9.17) is 14.4 Å². The van der Waals surface area contributed by atoms with Crippen LogP contribution in [0.1, 0.15) is 1.43 Å². The van der Waals surface area contributed by atoms with Crippen molar-refractivity contribution >= 4 is 25.3 Å². The van der Waals surface area contributed by atoms with Gasteiger partial charge >= 0.3 is 59.3 Å². The summed E-state index contributed by atoms with van der Waals surface area (Å²) in [7, 11) is -5.14. The summed E-state index contributed by atoms with van der Waals surface area (Å²) in [5.41, 5.74) is 0. The monoisotopic (exact) mass is 170 g/mol. The van der Waals surface area contributed by atoms with Crippen molar-refractivity contribution in [2.75, 3.05) is 0 Å². The maximum atomic E-state index is 10.4. The van der Waals surface area contributed by atoms with Crippen molar-refractivity contribution in [2.24, 2.45) is 0 Å². The van der Waals surface area contributed by atoms with Gasteiger partial charge in [-0.05, 0) is 0 Å². The third-order valence-corrected chi connectivity index (χ3v) is 0. The number of hydrogen-bond acceptors (Lipinski definition) is 1. The molecule has 0 rings (SSSR count). The van der Waals surface area contributed by atoms with Gasteiger partial charge in [0.25, 0.3) is 0 Å². The summed E-state index contributed by atoms with van der Waals surface area (Å²) >= 11 is 0. The van der Waals surface area contributed by atoms with Crippen LogP contribution >= 0.6 is 7.91 Å². The first-order valence-corrected chi connectivity index (χ1v) is 2.25. The van der Waals surface area contributed by atoms with Crippen LogP contribution in [0.3, 0.4) is 0 Å². The molecule has 0 bridgehead atoms. The van der Waals surface area contributed by atoms with Crippen molar-refractivity contribution in [2.45, 2.75) is 0 Å². The minimum absolute atomic E-state index is 0. The van der Waals surface area contributed by atoms with Crippen LogP contribution in [0.5, 0.6) is 0 Å². The minimum atomic E-state index is -5.14. The predicted molar refractivity (Wildman–Crippen MR) is 24.2 cm³/mol. The Balaban J connectivity index is -0.0000000267. The van der Waals surface area contributed by atoms with Crippen LogP contribution < -0.4 is 51.4 Å². The fourth-order valence-corrected chi connectivity index (χ4v) is 0. The molecule has 7 heavy (non-hydrogen) atoms. The van der Waals surface area contributed by atoms with Gasteiger partial charge in [-0.1, -0.05) is 0 Å². The third-order valence-electron chi connectivity index (χ3n) is 0. The summed E-state index contributed by atoms with van der Waals surface area (Å²) in [6.07, 6.45) is 0. The van der Waals surface area contributed by atoms with E-state index in [1.165, 1.54) is 0 Å². The summed E-state index contributed by atoms with van der Waals surface area (Å²) in [5.74, 6) is 0. The van der Waals surface area contributed by atoms with Gasteiger partial charge < -0.3 is 1.43 Å². The van der Waals surface area contributed by atoms with E-state index in [1.54, 1.807) is 0 Å². The second-order valence-electron chi connectivity index (χ2n) is 0.473. The van der Waals surface area contributed by atoms with Gasteiger partial charge in [-0.2, -0.15) is 0 Å². The molecule has 0 saturated heterocycles. The standard InChI is InChI=1S/Al.FH2O3P.K.4H/c;1-5(2,3)4;;;;;/h;(H2,2,3,4);;;;;/q;;+1;;;;-1. The van der Waals surface area contributed by atoms with E-state index in [1.807, 2.05) is 0 Å². The second kappa shape index (κ2) is 6.37. The Morgan fingerprint density at radius 1 is 1.57 bits per heavy atom. The molecule has 0 radical (unpaired) electrons. The molecule has 0 amide bonds. The normalized spacial score (nSPS) is 8.43. The smallest absolute Gasteiger partial charge is 1.00 e. The van der Waals surface area contributed by atoms with E-state index in [2.05, 4.69) is 0 Å². The molecule has 0 spiro atoms. The Morgan fingerprint density at radius 3 is 1.57 bits per heavy atom. The topological polar surface area (TPSA) is 57.5 Å².